The predicted octanol–water partition coefficient (Wildman–Crippen LogP) is 12.5. The Bertz CT molecular complexity index is 630. The van der Waals surface area contributed by atoms with Gasteiger partial charge in [0.05, 0.1) is 0 Å². The van der Waals surface area contributed by atoms with Crippen LogP contribution in [0.3, 0.4) is 0 Å². The highest BCUT2D eigenvalue weighted by Gasteiger charge is 2.09. The van der Waals surface area contributed by atoms with E-state index in [0.29, 0.717) is 0 Å². The molecule has 0 heterocycles. The van der Waals surface area contributed by atoms with Crippen molar-refractivity contribution in [2.45, 2.75) is 140 Å². The molecule has 0 unspecified atom stereocenters. The quantitative estimate of drug-likeness (QED) is 0.153. The molecule has 0 saturated carbocycles. The summed E-state index contributed by atoms with van der Waals surface area (Å²) in [5.74, 6) is 0.807. The van der Waals surface area contributed by atoms with Crippen LogP contribution in [0, 0.1) is 25.7 Å². The van der Waals surface area contributed by atoms with Crippen LogP contribution in [0.5, 0.6) is 0 Å². The first-order chi connectivity index (χ1) is 17.3. The van der Waals surface area contributed by atoms with Crippen LogP contribution in [0.15, 0.2) is 60.2 Å². The standard InChI is InChI=1S/C13H26.C9H12.C8H14.C4H10.C2H2/c1-5-8-11-12(4)13(9-6-2)10-7-3;1-3-9-6-4-5-8(2)7-9;1-4-7-8(5-2)6-3;1-3-4-2;1-2/h13H,4-11H2,1-3H3;4-7H,3H2,1-2H3;4-5,7H,6H2,1-3H3;3-4H2,1-2H3;1-2H/b;;7-4-,8-5-;;. The molecular weight excluding hydrogens is 432 g/mol. The minimum Gasteiger partial charge on any atom is -0.124 e. The van der Waals surface area contributed by atoms with Crippen molar-refractivity contribution >= 4 is 0 Å². The zero-order valence-corrected chi connectivity index (χ0v) is 26.3. The summed E-state index contributed by atoms with van der Waals surface area (Å²) >= 11 is 0. The molecule has 208 valence electrons. The lowest BCUT2D eigenvalue weighted by Gasteiger charge is -2.18. The molecule has 0 aromatic heterocycles. The van der Waals surface area contributed by atoms with Gasteiger partial charge in [0.15, 0.2) is 0 Å². The fourth-order valence-electron chi connectivity index (χ4n) is 3.42. The number of unbranched alkanes of at least 4 members (excludes halogenated alkanes) is 2. The maximum atomic E-state index is 4.23. The molecule has 0 saturated heterocycles. The lowest BCUT2D eigenvalue weighted by Crippen LogP contribution is -2.03. The average Bonchev–Trinajstić information content (AvgIpc) is 2.92. The van der Waals surface area contributed by atoms with Crippen LogP contribution in [0.4, 0.5) is 0 Å². The van der Waals surface area contributed by atoms with Crippen LogP contribution in [-0.4, -0.2) is 0 Å². The molecule has 0 atom stereocenters. The summed E-state index contributed by atoms with van der Waals surface area (Å²) in [6.45, 7) is 26.0. The summed E-state index contributed by atoms with van der Waals surface area (Å²) in [5.41, 5.74) is 5.70. The summed E-state index contributed by atoms with van der Waals surface area (Å²) in [5, 5.41) is 0. The van der Waals surface area contributed by atoms with Crippen LogP contribution in [-0.2, 0) is 6.42 Å². The van der Waals surface area contributed by atoms with Gasteiger partial charge in [-0.1, -0.05) is 146 Å². The van der Waals surface area contributed by atoms with Gasteiger partial charge in [-0.05, 0) is 70.8 Å². The second-order valence-electron chi connectivity index (χ2n) is 9.10. The zero-order chi connectivity index (χ0) is 28.6. The van der Waals surface area contributed by atoms with Crippen molar-refractivity contribution in [2.24, 2.45) is 5.92 Å². The van der Waals surface area contributed by atoms with E-state index in [4.69, 9.17) is 0 Å². The topological polar surface area (TPSA) is 0 Å². The van der Waals surface area contributed by atoms with Crippen molar-refractivity contribution in [1.29, 1.82) is 0 Å². The molecule has 0 radical (unpaired) electrons. The van der Waals surface area contributed by atoms with Gasteiger partial charge < -0.3 is 0 Å². The minimum absolute atomic E-state index is 0.807. The average molecular weight is 497 g/mol. The van der Waals surface area contributed by atoms with Crippen molar-refractivity contribution < 1.29 is 0 Å². The molecule has 0 bridgehead atoms. The Morgan fingerprint density at radius 3 is 1.69 bits per heavy atom. The van der Waals surface area contributed by atoms with Crippen molar-refractivity contribution in [1.82, 2.24) is 0 Å². The molecule has 0 aliphatic heterocycles. The van der Waals surface area contributed by atoms with Gasteiger partial charge in [-0.25, -0.2) is 0 Å². The summed E-state index contributed by atoms with van der Waals surface area (Å²) in [6, 6.07) is 8.61. The number of aryl methyl sites for hydroxylation is 2. The molecule has 0 aliphatic carbocycles. The molecule has 0 amide bonds. The highest BCUT2D eigenvalue weighted by atomic mass is 14.1. The van der Waals surface area contributed by atoms with E-state index in [2.05, 4.69) is 124 Å². The molecule has 0 N–H and O–H groups in total. The van der Waals surface area contributed by atoms with Gasteiger partial charge in [-0.2, -0.15) is 0 Å². The van der Waals surface area contributed by atoms with E-state index in [1.54, 1.807) is 0 Å². The van der Waals surface area contributed by atoms with Crippen molar-refractivity contribution in [3.05, 3.63) is 71.3 Å². The van der Waals surface area contributed by atoms with E-state index in [1.165, 1.54) is 80.1 Å². The van der Waals surface area contributed by atoms with E-state index < -0.39 is 0 Å². The molecular formula is C36H64. The molecule has 36 heavy (non-hydrogen) atoms. The molecule has 0 aliphatic rings. The highest BCUT2D eigenvalue weighted by Crippen LogP contribution is 2.24. The van der Waals surface area contributed by atoms with Gasteiger partial charge in [-0.3, -0.25) is 0 Å². The smallest absolute Gasteiger partial charge is 0.0206 e. The Labute approximate surface area is 229 Å². The lowest BCUT2D eigenvalue weighted by molar-refractivity contribution is 0.486. The molecule has 1 aromatic rings. The number of terminal acetylenes is 1. The summed E-state index contributed by atoms with van der Waals surface area (Å²) < 4.78 is 0. The molecule has 0 spiro atoms. The van der Waals surface area contributed by atoms with Gasteiger partial charge in [0.2, 0.25) is 0 Å². The van der Waals surface area contributed by atoms with E-state index in [9.17, 15) is 0 Å². The van der Waals surface area contributed by atoms with Gasteiger partial charge >= 0.3 is 0 Å². The Balaban J connectivity index is -0.000000197. The minimum atomic E-state index is 0.807. The van der Waals surface area contributed by atoms with Crippen molar-refractivity contribution in [3.63, 3.8) is 0 Å². The maximum absolute atomic E-state index is 4.23. The second kappa shape index (κ2) is 35.2. The van der Waals surface area contributed by atoms with Gasteiger partial charge in [0.25, 0.3) is 0 Å². The van der Waals surface area contributed by atoms with Crippen molar-refractivity contribution in [3.8, 4) is 12.8 Å². The first-order valence-electron chi connectivity index (χ1n) is 14.7. The number of hydrogen-bond donors (Lipinski definition) is 0. The summed E-state index contributed by atoms with van der Waals surface area (Å²) in [4.78, 5) is 0. The third-order valence-electron chi connectivity index (χ3n) is 5.85. The van der Waals surface area contributed by atoms with Crippen LogP contribution < -0.4 is 0 Å². The molecule has 0 nitrogen and oxygen atoms in total. The van der Waals surface area contributed by atoms with Crippen LogP contribution in [0.2, 0.25) is 0 Å². The third kappa shape index (κ3) is 30.0. The SMILES string of the molecule is C#C.C/C=C\C(=C/C)CC.C=C(CCCC)C(CCC)CCC.CCCC.CCc1cccc(C)c1. The summed E-state index contributed by atoms with van der Waals surface area (Å²) in [6.07, 6.45) is 28.4. The van der Waals surface area contributed by atoms with Gasteiger partial charge in [0.1, 0.15) is 0 Å². The van der Waals surface area contributed by atoms with Crippen molar-refractivity contribution in [2.75, 3.05) is 0 Å². The molecule has 0 fully saturated rings. The van der Waals surface area contributed by atoms with Gasteiger partial charge in [-0.15, -0.1) is 12.8 Å². The maximum Gasteiger partial charge on any atom is -0.0206 e. The van der Waals surface area contributed by atoms with E-state index in [1.807, 2.05) is 6.92 Å². The number of allylic oxidation sites excluding steroid dienone is 5. The highest BCUT2D eigenvalue weighted by molar-refractivity contribution is 5.21. The van der Waals surface area contributed by atoms with E-state index in [0.717, 1.165) is 18.8 Å². The Kier molecular flexibility index (Phi) is 40.2. The number of benzene rings is 1. The first-order valence-corrected chi connectivity index (χ1v) is 14.7. The van der Waals surface area contributed by atoms with Crippen LogP contribution in [0.1, 0.15) is 138 Å². The third-order valence-corrected chi connectivity index (χ3v) is 5.85. The molecule has 1 rings (SSSR count). The Morgan fingerprint density at radius 1 is 0.861 bits per heavy atom. The lowest BCUT2D eigenvalue weighted by atomic mass is 9.88. The van der Waals surface area contributed by atoms with Crippen LogP contribution in [0.25, 0.3) is 0 Å². The fraction of sp³-hybridized carbons (Fsp3) is 0.611. The molecule has 0 heteroatoms. The van der Waals surface area contributed by atoms with E-state index >= 15 is 0 Å². The normalized spacial score (nSPS) is 10.1. The largest absolute Gasteiger partial charge is 0.124 e. The Hall–Kier alpha value is -2.00. The predicted molar refractivity (Wildman–Crippen MR) is 172 cm³/mol. The monoisotopic (exact) mass is 497 g/mol. The number of hydrogen-bond acceptors (Lipinski definition) is 0. The van der Waals surface area contributed by atoms with Gasteiger partial charge in [0, 0.05) is 0 Å². The molecule has 1 aromatic carbocycles. The number of rotatable bonds is 12. The second-order valence-corrected chi connectivity index (χ2v) is 9.10. The fourth-order valence-corrected chi connectivity index (χ4v) is 3.42. The van der Waals surface area contributed by atoms with Crippen LogP contribution >= 0.6 is 0 Å². The first kappa shape index (κ1) is 41.1. The summed E-state index contributed by atoms with van der Waals surface area (Å²) in [7, 11) is 0. The Morgan fingerprint density at radius 2 is 1.42 bits per heavy atom. The zero-order valence-electron chi connectivity index (χ0n) is 26.3. The van der Waals surface area contributed by atoms with E-state index in [-0.39, 0.29) is 0 Å².